The van der Waals surface area contributed by atoms with E-state index in [9.17, 15) is 13.2 Å². The van der Waals surface area contributed by atoms with E-state index in [1.54, 1.807) is 0 Å². The van der Waals surface area contributed by atoms with Gasteiger partial charge in [0.1, 0.15) is 0 Å². The smallest absolute Gasteiger partial charge is 0.240 e. The first kappa shape index (κ1) is 15.9. The van der Waals surface area contributed by atoms with Gasteiger partial charge in [-0.15, -0.1) is 0 Å². The van der Waals surface area contributed by atoms with Crippen molar-refractivity contribution in [3.8, 4) is 0 Å². The van der Waals surface area contributed by atoms with E-state index in [1.165, 1.54) is 31.2 Å². The predicted molar refractivity (Wildman–Crippen MR) is 75.8 cm³/mol. The third kappa shape index (κ3) is 4.44. The highest BCUT2D eigenvalue weighted by Gasteiger charge is 2.18. The molecule has 5 heteroatoms. The Morgan fingerprint density at radius 3 is 2.21 bits per heavy atom. The summed E-state index contributed by atoms with van der Waals surface area (Å²) in [5.41, 5.74) is 0.513. The van der Waals surface area contributed by atoms with Gasteiger partial charge in [-0.05, 0) is 31.9 Å². The molecule has 1 aromatic rings. The second-order valence-corrected chi connectivity index (χ2v) is 6.31. The fourth-order valence-corrected chi connectivity index (χ4v) is 3.20. The average Bonchev–Trinajstić information content (AvgIpc) is 2.38. The van der Waals surface area contributed by atoms with E-state index in [0.29, 0.717) is 5.56 Å². The Morgan fingerprint density at radius 1 is 1.21 bits per heavy atom. The molecule has 0 fully saturated rings. The topological polar surface area (TPSA) is 63.2 Å². The van der Waals surface area contributed by atoms with Crippen LogP contribution in [0.25, 0.3) is 0 Å². The van der Waals surface area contributed by atoms with Crippen molar-refractivity contribution in [3.05, 3.63) is 29.8 Å². The van der Waals surface area contributed by atoms with Crippen molar-refractivity contribution in [2.24, 2.45) is 0 Å². The molecule has 0 bridgehead atoms. The number of Topliss-reactive ketones (excluding diaryl/α,β-unsaturated/α-hetero) is 1. The van der Waals surface area contributed by atoms with Gasteiger partial charge >= 0.3 is 0 Å². The zero-order chi connectivity index (χ0) is 14.5. The summed E-state index contributed by atoms with van der Waals surface area (Å²) in [5.74, 6) is -0.0747. The van der Waals surface area contributed by atoms with E-state index in [2.05, 4.69) is 4.72 Å². The summed E-state index contributed by atoms with van der Waals surface area (Å²) >= 11 is 0. The molecule has 0 aliphatic rings. The first-order chi connectivity index (χ1) is 8.90. The van der Waals surface area contributed by atoms with Crippen LogP contribution in [0.4, 0.5) is 0 Å². The quantitative estimate of drug-likeness (QED) is 0.783. The second-order valence-electron chi connectivity index (χ2n) is 4.60. The Labute approximate surface area is 115 Å². The number of nitrogens with one attached hydrogen (secondary N) is 1. The van der Waals surface area contributed by atoms with Gasteiger partial charge in [-0.25, -0.2) is 13.1 Å². The lowest BCUT2D eigenvalue weighted by Gasteiger charge is -2.16. The maximum Gasteiger partial charge on any atom is 0.240 e. The lowest BCUT2D eigenvalue weighted by Crippen LogP contribution is -2.34. The SMILES string of the molecule is CCCC(CC)NS(=O)(=O)c1ccc(C(C)=O)cc1. The fraction of sp³-hybridized carbons (Fsp3) is 0.500. The van der Waals surface area contributed by atoms with Gasteiger partial charge in [0.25, 0.3) is 0 Å². The first-order valence-electron chi connectivity index (χ1n) is 6.54. The zero-order valence-electron chi connectivity index (χ0n) is 11.6. The van der Waals surface area contributed by atoms with Crippen LogP contribution in [0.5, 0.6) is 0 Å². The van der Waals surface area contributed by atoms with Gasteiger partial charge < -0.3 is 0 Å². The van der Waals surface area contributed by atoms with Gasteiger partial charge in [-0.2, -0.15) is 0 Å². The molecule has 0 aliphatic heterocycles. The minimum Gasteiger partial charge on any atom is -0.295 e. The fourth-order valence-electron chi connectivity index (χ4n) is 1.85. The van der Waals surface area contributed by atoms with E-state index < -0.39 is 10.0 Å². The number of benzene rings is 1. The molecule has 106 valence electrons. The van der Waals surface area contributed by atoms with Gasteiger partial charge in [-0.1, -0.05) is 32.4 Å². The molecule has 1 unspecified atom stereocenters. The van der Waals surface area contributed by atoms with Gasteiger partial charge in [0.15, 0.2) is 5.78 Å². The number of rotatable bonds is 7. The van der Waals surface area contributed by atoms with Gasteiger partial charge in [0.2, 0.25) is 10.0 Å². The highest BCUT2D eigenvalue weighted by Crippen LogP contribution is 2.13. The molecular formula is C14H21NO3S. The molecule has 1 aromatic carbocycles. The standard InChI is InChI=1S/C14H21NO3S/c1-4-6-13(5-2)15-19(17,18)14-9-7-12(8-10-14)11(3)16/h7-10,13,15H,4-6H2,1-3H3. The Morgan fingerprint density at radius 2 is 1.79 bits per heavy atom. The lowest BCUT2D eigenvalue weighted by molar-refractivity contribution is 0.101. The summed E-state index contributed by atoms with van der Waals surface area (Å²) < 4.78 is 27.0. The van der Waals surface area contributed by atoms with Crippen LogP contribution in [0.3, 0.4) is 0 Å². The van der Waals surface area contributed by atoms with Gasteiger partial charge in [0.05, 0.1) is 4.90 Å². The number of hydrogen-bond donors (Lipinski definition) is 1. The van der Waals surface area contributed by atoms with Crippen molar-refractivity contribution in [2.75, 3.05) is 0 Å². The minimum absolute atomic E-state index is 0.0394. The van der Waals surface area contributed by atoms with Crippen LogP contribution in [0.2, 0.25) is 0 Å². The maximum atomic E-state index is 12.2. The molecule has 0 saturated carbocycles. The number of ketones is 1. The lowest BCUT2D eigenvalue weighted by atomic mass is 10.1. The highest BCUT2D eigenvalue weighted by atomic mass is 32.2. The monoisotopic (exact) mass is 283 g/mol. The number of hydrogen-bond acceptors (Lipinski definition) is 3. The Balaban J connectivity index is 2.90. The summed E-state index contributed by atoms with van der Waals surface area (Å²) in [6.07, 6.45) is 2.52. The zero-order valence-corrected chi connectivity index (χ0v) is 12.5. The Kier molecular flexibility index (Phi) is 5.69. The van der Waals surface area contributed by atoms with Crippen LogP contribution >= 0.6 is 0 Å². The van der Waals surface area contributed by atoms with E-state index in [-0.39, 0.29) is 16.7 Å². The van der Waals surface area contributed by atoms with Crippen LogP contribution in [0, 0.1) is 0 Å². The van der Waals surface area contributed by atoms with Crippen molar-refractivity contribution in [1.82, 2.24) is 4.72 Å². The molecule has 19 heavy (non-hydrogen) atoms. The molecule has 1 N–H and O–H groups in total. The van der Waals surface area contributed by atoms with Gasteiger partial charge in [-0.3, -0.25) is 4.79 Å². The number of sulfonamides is 1. The van der Waals surface area contributed by atoms with Crippen LogP contribution in [-0.4, -0.2) is 20.2 Å². The molecule has 1 atom stereocenters. The minimum atomic E-state index is -3.50. The summed E-state index contributed by atoms with van der Waals surface area (Å²) in [6.45, 7) is 5.44. The van der Waals surface area contributed by atoms with E-state index in [1.807, 2.05) is 13.8 Å². The van der Waals surface area contributed by atoms with Crippen LogP contribution in [-0.2, 0) is 10.0 Å². The van der Waals surface area contributed by atoms with Crippen molar-refractivity contribution < 1.29 is 13.2 Å². The molecule has 1 rings (SSSR count). The third-order valence-corrected chi connectivity index (χ3v) is 4.56. The van der Waals surface area contributed by atoms with Crippen molar-refractivity contribution in [1.29, 1.82) is 0 Å². The molecule has 0 saturated heterocycles. The maximum absolute atomic E-state index is 12.2. The van der Waals surface area contributed by atoms with Crippen molar-refractivity contribution in [3.63, 3.8) is 0 Å². The molecule has 0 aromatic heterocycles. The molecular weight excluding hydrogens is 262 g/mol. The summed E-state index contributed by atoms with van der Waals surface area (Å²) in [5, 5.41) is 0. The molecule has 4 nitrogen and oxygen atoms in total. The van der Waals surface area contributed by atoms with Crippen LogP contribution in [0.1, 0.15) is 50.4 Å². The second kappa shape index (κ2) is 6.82. The van der Waals surface area contributed by atoms with E-state index in [0.717, 1.165) is 19.3 Å². The van der Waals surface area contributed by atoms with Crippen LogP contribution < -0.4 is 4.72 Å². The van der Waals surface area contributed by atoms with E-state index in [4.69, 9.17) is 0 Å². The summed E-state index contributed by atoms with van der Waals surface area (Å²) in [4.78, 5) is 11.4. The first-order valence-corrected chi connectivity index (χ1v) is 8.02. The summed E-state index contributed by atoms with van der Waals surface area (Å²) in [6, 6.07) is 5.98. The normalized spacial score (nSPS) is 13.2. The van der Waals surface area contributed by atoms with Crippen LogP contribution in [0.15, 0.2) is 29.2 Å². The summed E-state index contributed by atoms with van der Waals surface area (Å²) in [7, 11) is -3.50. The molecule has 0 amide bonds. The molecule has 0 heterocycles. The predicted octanol–water partition coefficient (Wildman–Crippen LogP) is 2.75. The average molecular weight is 283 g/mol. The molecule has 0 spiro atoms. The van der Waals surface area contributed by atoms with Gasteiger partial charge in [0, 0.05) is 11.6 Å². The number of carbonyl (C=O) groups is 1. The Bertz CT molecular complexity index is 520. The van der Waals surface area contributed by atoms with E-state index >= 15 is 0 Å². The Hall–Kier alpha value is -1.20. The number of carbonyl (C=O) groups excluding carboxylic acids is 1. The highest BCUT2D eigenvalue weighted by molar-refractivity contribution is 7.89. The largest absolute Gasteiger partial charge is 0.295 e. The third-order valence-electron chi connectivity index (χ3n) is 3.02. The van der Waals surface area contributed by atoms with Crippen molar-refractivity contribution >= 4 is 15.8 Å². The molecule has 0 radical (unpaired) electrons. The molecule has 0 aliphatic carbocycles. The van der Waals surface area contributed by atoms with Crippen molar-refractivity contribution in [2.45, 2.75) is 51.0 Å².